The Morgan fingerprint density at radius 3 is 2.84 bits per heavy atom. The number of ether oxygens (including phenoxy) is 1. The van der Waals surface area contributed by atoms with Crippen molar-refractivity contribution in [1.29, 1.82) is 0 Å². The quantitative estimate of drug-likeness (QED) is 0.798. The summed E-state index contributed by atoms with van der Waals surface area (Å²) in [5.74, 6) is 0.0161. The summed E-state index contributed by atoms with van der Waals surface area (Å²) in [6.07, 6.45) is 2.14. The van der Waals surface area contributed by atoms with Crippen LogP contribution in [0.3, 0.4) is 0 Å². The largest absolute Gasteiger partial charge is 0.494 e. The predicted molar refractivity (Wildman–Crippen MR) is 73.7 cm³/mol. The Labute approximate surface area is 113 Å². The number of methoxy groups -OCH3 is 1. The van der Waals surface area contributed by atoms with E-state index in [4.69, 9.17) is 10.5 Å². The van der Waals surface area contributed by atoms with E-state index in [2.05, 4.69) is 12.2 Å². The van der Waals surface area contributed by atoms with Gasteiger partial charge >= 0.3 is 0 Å². The van der Waals surface area contributed by atoms with Gasteiger partial charge in [0.05, 0.1) is 7.11 Å². The molecule has 4 nitrogen and oxygen atoms in total. The van der Waals surface area contributed by atoms with Crippen LogP contribution in [0.15, 0.2) is 18.2 Å². The van der Waals surface area contributed by atoms with Gasteiger partial charge in [-0.3, -0.25) is 4.79 Å². The fraction of sp³-hybridized carbons (Fsp3) is 0.500. The molecule has 0 spiro atoms. The third-order valence-corrected chi connectivity index (χ3v) is 2.96. The SMILES string of the molecule is COc1cc(NC(=O)CCC(C)CCN)ccc1F. The van der Waals surface area contributed by atoms with Gasteiger partial charge in [-0.15, -0.1) is 0 Å². The summed E-state index contributed by atoms with van der Waals surface area (Å²) in [5.41, 5.74) is 5.99. The molecule has 0 radical (unpaired) electrons. The minimum Gasteiger partial charge on any atom is -0.494 e. The van der Waals surface area contributed by atoms with Crippen molar-refractivity contribution < 1.29 is 13.9 Å². The maximum Gasteiger partial charge on any atom is 0.224 e. The van der Waals surface area contributed by atoms with Crippen molar-refractivity contribution in [2.45, 2.75) is 26.2 Å². The van der Waals surface area contributed by atoms with Crippen LogP contribution in [0.5, 0.6) is 5.75 Å². The van der Waals surface area contributed by atoms with Gasteiger partial charge < -0.3 is 15.8 Å². The van der Waals surface area contributed by atoms with E-state index in [1.54, 1.807) is 0 Å². The van der Waals surface area contributed by atoms with Gasteiger partial charge in [-0.1, -0.05) is 6.92 Å². The summed E-state index contributed by atoms with van der Waals surface area (Å²) in [6, 6.07) is 4.25. The molecule has 0 bridgehead atoms. The van der Waals surface area contributed by atoms with Crippen LogP contribution in [-0.4, -0.2) is 19.6 Å². The van der Waals surface area contributed by atoms with E-state index < -0.39 is 5.82 Å². The van der Waals surface area contributed by atoms with Crippen molar-refractivity contribution in [3.63, 3.8) is 0 Å². The van der Waals surface area contributed by atoms with E-state index in [1.165, 1.54) is 25.3 Å². The maximum atomic E-state index is 13.2. The zero-order valence-electron chi connectivity index (χ0n) is 11.4. The Balaban J connectivity index is 2.48. The van der Waals surface area contributed by atoms with Crippen LogP contribution < -0.4 is 15.8 Å². The van der Waals surface area contributed by atoms with Crippen LogP contribution in [0.25, 0.3) is 0 Å². The van der Waals surface area contributed by atoms with Gasteiger partial charge in [-0.2, -0.15) is 0 Å². The van der Waals surface area contributed by atoms with Crippen LogP contribution in [0.2, 0.25) is 0 Å². The topological polar surface area (TPSA) is 64.3 Å². The lowest BCUT2D eigenvalue weighted by atomic mass is 10.0. The smallest absolute Gasteiger partial charge is 0.224 e. The molecule has 1 aromatic carbocycles. The highest BCUT2D eigenvalue weighted by Crippen LogP contribution is 2.21. The minimum atomic E-state index is -0.447. The third-order valence-electron chi connectivity index (χ3n) is 2.96. The molecule has 0 saturated carbocycles. The molecule has 0 saturated heterocycles. The number of benzene rings is 1. The first-order valence-corrected chi connectivity index (χ1v) is 6.40. The molecule has 1 rings (SSSR count). The Bertz CT molecular complexity index is 424. The van der Waals surface area contributed by atoms with E-state index in [0.29, 0.717) is 24.6 Å². The summed E-state index contributed by atoms with van der Waals surface area (Å²) in [5, 5.41) is 2.72. The van der Waals surface area contributed by atoms with Gasteiger partial charge in [0.15, 0.2) is 11.6 Å². The number of carbonyl (C=O) groups excluding carboxylic acids is 1. The maximum absolute atomic E-state index is 13.2. The molecule has 1 atom stereocenters. The van der Waals surface area contributed by atoms with Crippen LogP contribution in [0.4, 0.5) is 10.1 Å². The molecule has 19 heavy (non-hydrogen) atoms. The molecule has 5 heteroatoms. The van der Waals surface area contributed by atoms with E-state index in [9.17, 15) is 9.18 Å². The number of nitrogens with one attached hydrogen (secondary N) is 1. The first-order valence-electron chi connectivity index (χ1n) is 6.40. The molecule has 0 aliphatic heterocycles. The minimum absolute atomic E-state index is 0.0856. The number of hydrogen-bond donors (Lipinski definition) is 2. The normalized spacial score (nSPS) is 12.0. The molecule has 1 aromatic rings. The second kappa shape index (κ2) is 7.74. The van der Waals surface area contributed by atoms with E-state index in [-0.39, 0.29) is 11.7 Å². The number of hydrogen-bond acceptors (Lipinski definition) is 3. The second-order valence-corrected chi connectivity index (χ2v) is 4.62. The average molecular weight is 268 g/mol. The van der Waals surface area contributed by atoms with Crippen LogP contribution in [0.1, 0.15) is 26.2 Å². The van der Waals surface area contributed by atoms with Crippen molar-refractivity contribution in [2.24, 2.45) is 11.7 Å². The summed E-state index contributed by atoms with van der Waals surface area (Å²) >= 11 is 0. The fourth-order valence-electron chi connectivity index (χ4n) is 1.77. The monoisotopic (exact) mass is 268 g/mol. The molecule has 1 unspecified atom stereocenters. The predicted octanol–water partition coefficient (Wildman–Crippen LogP) is 2.54. The van der Waals surface area contributed by atoms with Gasteiger partial charge in [0.25, 0.3) is 0 Å². The van der Waals surface area contributed by atoms with Gasteiger partial charge in [0.1, 0.15) is 0 Å². The zero-order chi connectivity index (χ0) is 14.3. The van der Waals surface area contributed by atoms with Gasteiger partial charge in [0, 0.05) is 18.2 Å². The molecule has 106 valence electrons. The molecule has 0 aliphatic carbocycles. The number of carbonyl (C=O) groups is 1. The zero-order valence-corrected chi connectivity index (χ0v) is 11.4. The van der Waals surface area contributed by atoms with Crippen molar-refractivity contribution in [3.05, 3.63) is 24.0 Å². The van der Waals surface area contributed by atoms with E-state index in [1.807, 2.05) is 0 Å². The molecule has 3 N–H and O–H groups in total. The van der Waals surface area contributed by atoms with Gasteiger partial charge in [-0.25, -0.2) is 4.39 Å². The lowest BCUT2D eigenvalue weighted by Crippen LogP contribution is -2.14. The number of nitrogens with two attached hydrogens (primary N) is 1. The number of anilines is 1. The lowest BCUT2D eigenvalue weighted by molar-refractivity contribution is -0.116. The van der Waals surface area contributed by atoms with Gasteiger partial charge in [0.2, 0.25) is 5.91 Å². The highest BCUT2D eigenvalue weighted by molar-refractivity contribution is 5.90. The standard InChI is InChI=1S/C14H21FN2O2/c1-10(7-8-16)3-6-14(18)17-11-4-5-12(15)13(9-11)19-2/h4-5,9-10H,3,6-8,16H2,1-2H3,(H,17,18). The Kier molecular flexibility index (Phi) is 6.29. The van der Waals surface area contributed by atoms with Crippen molar-refractivity contribution in [2.75, 3.05) is 19.0 Å². The number of halogens is 1. The highest BCUT2D eigenvalue weighted by atomic mass is 19.1. The molecular weight excluding hydrogens is 247 g/mol. The summed E-state index contributed by atoms with van der Waals surface area (Å²) in [6.45, 7) is 2.71. The first-order chi connectivity index (χ1) is 9.06. The third kappa shape index (κ3) is 5.26. The van der Waals surface area contributed by atoms with Crippen LogP contribution >= 0.6 is 0 Å². The van der Waals surface area contributed by atoms with E-state index >= 15 is 0 Å². The number of amides is 1. The first kappa shape index (κ1) is 15.4. The van der Waals surface area contributed by atoms with Crippen LogP contribution in [-0.2, 0) is 4.79 Å². The molecule has 0 heterocycles. The molecule has 0 aromatic heterocycles. The van der Waals surface area contributed by atoms with Crippen molar-refractivity contribution in [1.82, 2.24) is 0 Å². The average Bonchev–Trinajstić information content (AvgIpc) is 2.39. The molecular formula is C14H21FN2O2. The van der Waals surface area contributed by atoms with Crippen molar-refractivity contribution in [3.8, 4) is 5.75 Å². The Hall–Kier alpha value is -1.62. The molecule has 0 aliphatic rings. The fourth-order valence-corrected chi connectivity index (χ4v) is 1.77. The van der Waals surface area contributed by atoms with Crippen molar-refractivity contribution >= 4 is 11.6 Å². The highest BCUT2D eigenvalue weighted by Gasteiger charge is 2.08. The molecule has 0 fully saturated rings. The second-order valence-electron chi connectivity index (χ2n) is 4.62. The van der Waals surface area contributed by atoms with Gasteiger partial charge in [-0.05, 0) is 37.4 Å². The summed E-state index contributed by atoms with van der Waals surface area (Å²) in [4.78, 5) is 11.7. The summed E-state index contributed by atoms with van der Waals surface area (Å²) in [7, 11) is 1.39. The lowest BCUT2D eigenvalue weighted by Gasteiger charge is -2.10. The molecule has 1 amide bonds. The van der Waals surface area contributed by atoms with E-state index in [0.717, 1.165) is 12.8 Å². The Morgan fingerprint density at radius 1 is 1.47 bits per heavy atom. The Morgan fingerprint density at radius 2 is 2.21 bits per heavy atom. The van der Waals surface area contributed by atoms with Crippen LogP contribution in [0, 0.1) is 11.7 Å². The summed E-state index contributed by atoms with van der Waals surface area (Å²) < 4.78 is 18.1. The number of rotatable bonds is 7.